The summed E-state index contributed by atoms with van der Waals surface area (Å²) in [6.45, 7) is 9.42. The fourth-order valence-electron chi connectivity index (χ4n) is 3.35. The Morgan fingerprint density at radius 2 is 2.22 bits per heavy atom. The summed E-state index contributed by atoms with van der Waals surface area (Å²) < 4.78 is 0. The van der Waals surface area contributed by atoms with E-state index < -0.39 is 0 Å². The monoisotopic (exact) mass is 253 g/mol. The Bertz CT molecular complexity index is 295. The van der Waals surface area contributed by atoms with Gasteiger partial charge in [0, 0.05) is 26.2 Å². The van der Waals surface area contributed by atoms with E-state index in [0.717, 1.165) is 26.2 Å². The predicted molar refractivity (Wildman–Crippen MR) is 73.4 cm³/mol. The fraction of sp³-hybridized carbons (Fsp3) is 0.929. The van der Waals surface area contributed by atoms with Gasteiger partial charge in [0.1, 0.15) is 0 Å². The highest BCUT2D eigenvalue weighted by molar-refractivity contribution is 5.79. The molecule has 18 heavy (non-hydrogen) atoms. The van der Waals surface area contributed by atoms with Crippen molar-refractivity contribution in [3.8, 4) is 0 Å². The van der Waals surface area contributed by atoms with Crippen LogP contribution in [0.5, 0.6) is 0 Å². The molecule has 0 saturated carbocycles. The number of hydrogen-bond acceptors (Lipinski definition) is 3. The van der Waals surface area contributed by atoms with Crippen molar-refractivity contribution in [2.75, 3.05) is 39.8 Å². The zero-order chi connectivity index (χ0) is 13.1. The van der Waals surface area contributed by atoms with Crippen molar-refractivity contribution in [2.24, 2.45) is 11.8 Å². The second-order valence-corrected chi connectivity index (χ2v) is 5.89. The van der Waals surface area contributed by atoms with Gasteiger partial charge in [0.2, 0.25) is 5.91 Å². The van der Waals surface area contributed by atoms with E-state index in [1.54, 1.807) is 0 Å². The van der Waals surface area contributed by atoms with Crippen LogP contribution in [-0.2, 0) is 4.79 Å². The number of rotatable bonds is 4. The summed E-state index contributed by atoms with van der Waals surface area (Å²) in [5.41, 5.74) is 0. The van der Waals surface area contributed by atoms with Gasteiger partial charge >= 0.3 is 0 Å². The minimum absolute atomic E-state index is 0.187. The van der Waals surface area contributed by atoms with Gasteiger partial charge in [-0.25, -0.2) is 0 Å². The Morgan fingerprint density at radius 3 is 2.83 bits per heavy atom. The van der Waals surface area contributed by atoms with Crippen LogP contribution in [0.3, 0.4) is 0 Å². The minimum Gasteiger partial charge on any atom is -0.344 e. The highest BCUT2D eigenvalue weighted by Gasteiger charge is 2.33. The molecular weight excluding hydrogens is 226 g/mol. The summed E-state index contributed by atoms with van der Waals surface area (Å²) in [6, 6.07) is 0.577. The SMILES string of the molecule is CCN1CCCC1CN(C)C(=O)C1CNCC1C. The lowest BCUT2D eigenvalue weighted by molar-refractivity contribution is -0.135. The first-order chi connectivity index (χ1) is 8.63. The lowest BCUT2D eigenvalue weighted by atomic mass is 9.96. The van der Waals surface area contributed by atoms with Crippen molar-refractivity contribution in [3.63, 3.8) is 0 Å². The molecule has 2 rings (SSSR count). The van der Waals surface area contributed by atoms with Crippen LogP contribution in [0.2, 0.25) is 0 Å². The molecule has 0 spiro atoms. The van der Waals surface area contributed by atoms with Crippen LogP contribution in [0.25, 0.3) is 0 Å². The Hall–Kier alpha value is -0.610. The average molecular weight is 253 g/mol. The maximum absolute atomic E-state index is 12.4. The molecule has 3 unspecified atom stereocenters. The second kappa shape index (κ2) is 6.02. The molecule has 1 amide bonds. The van der Waals surface area contributed by atoms with Crippen LogP contribution in [0.4, 0.5) is 0 Å². The number of likely N-dealkylation sites (N-methyl/N-ethyl adjacent to an activating group) is 2. The molecule has 2 heterocycles. The molecular formula is C14H27N3O. The fourth-order valence-corrected chi connectivity index (χ4v) is 3.35. The van der Waals surface area contributed by atoms with Crippen molar-refractivity contribution in [1.82, 2.24) is 15.1 Å². The molecule has 2 aliphatic heterocycles. The summed E-state index contributed by atoms with van der Waals surface area (Å²) in [5, 5.41) is 3.31. The van der Waals surface area contributed by atoms with Crippen molar-refractivity contribution >= 4 is 5.91 Å². The van der Waals surface area contributed by atoms with Crippen molar-refractivity contribution in [2.45, 2.75) is 32.7 Å². The normalized spacial score (nSPS) is 32.9. The lowest BCUT2D eigenvalue weighted by Crippen LogP contribution is -2.44. The molecule has 0 aromatic heterocycles. The van der Waals surface area contributed by atoms with Gasteiger partial charge in [-0.3, -0.25) is 9.69 Å². The maximum atomic E-state index is 12.4. The summed E-state index contributed by atoms with van der Waals surface area (Å²) in [4.78, 5) is 16.9. The van der Waals surface area contributed by atoms with E-state index in [4.69, 9.17) is 0 Å². The van der Waals surface area contributed by atoms with E-state index >= 15 is 0 Å². The molecule has 2 aliphatic rings. The standard InChI is InChI=1S/C14H27N3O/c1-4-17-7-5-6-12(17)10-16(3)14(18)13-9-15-8-11(13)2/h11-13,15H,4-10H2,1-3H3. The number of likely N-dealkylation sites (tertiary alicyclic amines) is 1. The second-order valence-electron chi connectivity index (χ2n) is 5.89. The topological polar surface area (TPSA) is 35.6 Å². The Kier molecular flexibility index (Phi) is 4.62. The Labute approximate surface area is 111 Å². The highest BCUT2D eigenvalue weighted by atomic mass is 16.2. The van der Waals surface area contributed by atoms with Crippen LogP contribution < -0.4 is 5.32 Å². The van der Waals surface area contributed by atoms with Gasteiger partial charge in [-0.05, 0) is 38.4 Å². The highest BCUT2D eigenvalue weighted by Crippen LogP contribution is 2.21. The molecule has 2 saturated heterocycles. The van der Waals surface area contributed by atoms with Crippen LogP contribution in [0.15, 0.2) is 0 Å². The van der Waals surface area contributed by atoms with Crippen LogP contribution in [-0.4, -0.2) is 61.5 Å². The van der Waals surface area contributed by atoms with Crippen molar-refractivity contribution in [3.05, 3.63) is 0 Å². The van der Waals surface area contributed by atoms with Gasteiger partial charge in [-0.15, -0.1) is 0 Å². The van der Waals surface area contributed by atoms with E-state index in [-0.39, 0.29) is 5.92 Å². The third kappa shape index (κ3) is 2.86. The first kappa shape index (κ1) is 13.8. The smallest absolute Gasteiger partial charge is 0.227 e. The molecule has 1 N–H and O–H groups in total. The van der Waals surface area contributed by atoms with Gasteiger partial charge in [-0.2, -0.15) is 0 Å². The van der Waals surface area contributed by atoms with E-state index in [9.17, 15) is 4.79 Å². The molecule has 0 aromatic carbocycles. The third-order valence-corrected chi connectivity index (χ3v) is 4.60. The summed E-state index contributed by atoms with van der Waals surface area (Å²) >= 11 is 0. The number of nitrogens with zero attached hydrogens (tertiary/aromatic N) is 2. The minimum atomic E-state index is 0.187. The quantitative estimate of drug-likeness (QED) is 0.804. The third-order valence-electron chi connectivity index (χ3n) is 4.60. The van der Waals surface area contributed by atoms with Gasteiger partial charge in [0.25, 0.3) is 0 Å². The number of hydrogen-bond donors (Lipinski definition) is 1. The molecule has 0 aliphatic carbocycles. The lowest BCUT2D eigenvalue weighted by Gasteiger charge is -2.29. The van der Waals surface area contributed by atoms with Crippen LogP contribution >= 0.6 is 0 Å². The molecule has 0 radical (unpaired) electrons. The number of carbonyl (C=O) groups excluding carboxylic acids is 1. The molecule has 3 atom stereocenters. The number of amides is 1. The Morgan fingerprint density at radius 1 is 1.44 bits per heavy atom. The van der Waals surface area contributed by atoms with Crippen molar-refractivity contribution < 1.29 is 4.79 Å². The molecule has 4 nitrogen and oxygen atoms in total. The van der Waals surface area contributed by atoms with E-state index in [1.165, 1.54) is 19.4 Å². The van der Waals surface area contributed by atoms with E-state index in [1.807, 2.05) is 11.9 Å². The van der Waals surface area contributed by atoms with E-state index in [0.29, 0.717) is 17.9 Å². The van der Waals surface area contributed by atoms with E-state index in [2.05, 4.69) is 24.1 Å². The zero-order valence-electron chi connectivity index (χ0n) is 12.0. The zero-order valence-corrected chi connectivity index (χ0v) is 12.0. The maximum Gasteiger partial charge on any atom is 0.227 e. The molecule has 104 valence electrons. The predicted octanol–water partition coefficient (Wildman–Crippen LogP) is 0.785. The number of carbonyl (C=O) groups is 1. The number of nitrogens with one attached hydrogen (secondary N) is 1. The molecule has 0 bridgehead atoms. The van der Waals surface area contributed by atoms with Crippen molar-refractivity contribution in [1.29, 1.82) is 0 Å². The molecule has 2 fully saturated rings. The largest absolute Gasteiger partial charge is 0.344 e. The average Bonchev–Trinajstić information content (AvgIpc) is 2.96. The van der Waals surface area contributed by atoms with Crippen LogP contribution in [0.1, 0.15) is 26.7 Å². The Balaban J connectivity index is 1.87. The van der Waals surface area contributed by atoms with Gasteiger partial charge in [-0.1, -0.05) is 13.8 Å². The summed E-state index contributed by atoms with van der Waals surface area (Å²) in [5.74, 6) is 0.993. The molecule has 0 aromatic rings. The van der Waals surface area contributed by atoms with Gasteiger partial charge < -0.3 is 10.2 Å². The van der Waals surface area contributed by atoms with Gasteiger partial charge in [0.05, 0.1) is 5.92 Å². The van der Waals surface area contributed by atoms with Crippen LogP contribution in [0, 0.1) is 11.8 Å². The first-order valence-electron chi connectivity index (χ1n) is 7.33. The van der Waals surface area contributed by atoms with Gasteiger partial charge in [0.15, 0.2) is 0 Å². The summed E-state index contributed by atoms with van der Waals surface area (Å²) in [7, 11) is 1.97. The summed E-state index contributed by atoms with van der Waals surface area (Å²) in [6.07, 6.45) is 2.52. The molecule has 4 heteroatoms. The first-order valence-corrected chi connectivity index (χ1v) is 7.33.